The van der Waals surface area contributed by atoms with Crippen LogP contribution in [0.15, 0.2) is 24.4 Å². The molecule has 1 aromatic heterocycles. The van der Waals surface area contributed by atoms with Crippen LogP contribution in [0, 0.1) is 5.92 Å². The minimum absolute atomic E-state index is 0.0800. The highest BCUT2D eigenvalue weighted by Gasteiger charge is 2.49. The molecule has 3 rings (SSSR count). The quantitative estimate of drug-likeness (QED) is 0.761. The molecule has 2 fully saturated rings. The smallest absolute Gasteiger partial charge is 0.310 e. The van der Waals surface area contributed by atoms with Gasteiger partial charge in [0, 0.05) is 29.9 Å². The first-order valence-electron chi connectivity index (χ1n) is 6.93. The molecule has 2 bridgehead atoms. The predicted octanol–water partition coefficient (Wildman–Crippen LogP) is 1.82. The Balaban J connectivity index is 1.96. The Labute approximate surface area is 113 Å². The molecule has 0 saturated carbocycles. The summed E-state index contributed by atoms with van der Waals surface area (Å²) >= 11 is 0. The number of aromatic nitrogens is 1. The van der Waals surface area contributed by atoms with Crippen molar-refractivity contribution < 1.29 is 9.53 Å². The van der Waals surface area contributed by atoms with Gasteiger partial charge in [0.2, 0.25) is 0 Å². The number of esters is 1. The van der Waals surface area contributed by atoms with Crippen LogP contribution >= 0.6 is 0 Å². The zero-order valence-electron chi connectivity index (χ0n) is 11.5. The van der Waals surface area contributed by atoms with Gasteiger partial charge >= 0.3 is 5.97 Å². The summed E-state index contributed by atoms with van der Waals surface area (Å²) in [6.07, 6.45) is 5.08. The first kappa shape index (κ1) is 12.6. The SMILES string of the molecule is COC(=O)[C@@H]1C2CC[C@H](C[C@@H]1c1ccccn1)N2C. The van der Waals surface area contributed by atoms with Crippen molar-refractivity contribution in [1.82, 2.24) is 9.88 Å². The fourth-order valence-electron chi connectivity index (χ4n) is 3.82. The Morgan fingerprint density at radius 1 is 1.42 bits per heavy atom. The standard InChI is InChI=1S/C15H20N2O2/c1-17-10-6-7-13(17)14(15(18)19-2)11(9-10)12-5-3-4-8-16-12/h3-5,8,10-11,13-14H,6-7,9H2,1-2H3/t10-,11-,13?,14+/m1/s1. The normalized spacial score (nSPS) is 34.2. The Kier molecular flexibility index (Phi) is 3.27. The van der Waals surface area contributed by atoms with Gasteiger partial charge in [-0.05, 0) is 38.4 Å². The molecule has 102 valence electrons. The summed E-state index contributed by atoms with van der Waals surface area (Å²) < 4.78 is 5.05. The van der Waals surface area contributed by atoms with Crippen LogP contribution < -0.4 is 0 Å². The Bertz CT molecular complexity index is 462. The van der Waals surface area contributed by atoms with E-state index in [9.17, 15) is 4.79 Å². The van der Waals surface area contributed by atoms with Gasteiger partial charge in [-0.15, -0.1) is 0 Å². The number of methoxy groups -OCH3 is 1. The van der Waals surface area contributed by atoms with E-state index in [4.69, 9.17) is 4.74 Å². The van der Waals surface area contributed by atoms with Gasteiger partial charge in [-0.25, -0.2) is 0 Å². The van der Waals surface area contributed by atoms with Crippen molar-refractivity contribution in [1.29, 1.82) is 0 Å². The van der Waals surface area contributed by atoms with Crippen LogP contribution in [0.3, 0.4) is 0 Å². The van der Waals surface area contributed by atoms with Gasteiger partial charge in [0.15, 0.2) is 0 Å². The number of hydrogen-bond donors (Lipinski definition) is 0. The number of hydrogen-bond acceptors (Lipinski definition) is 4. The lowest BCUT2D eigenvalue weighted by Crippen LogP contribution is -2.49. The summed E-state index contributed by atoms with van der Waals surface area (Å²) in [4.78, 5) is 19.0. The first-order chi connectivity index (χ1) is 9.22. The molecule has 4 atom stereocenters. The third-order valence-corrected chi connectivity index (χ3v) is 4.81. The van der Waals surface area contributed by atoms with Crippen LogP contribution in [-0.4, -0.2) is 42.1 Å². The monoisotopic (exact) mass is 260 g/mol. The van der Waals surface area contributed by atoms with Gasteiger partial charge in [-0.3, -0.25) is 14.7 Å². The highest BCUT2D eigenvalue weighted by Crippen LogP contribution is 2.45. The molecule has 0 radical (unpaired) electrons. The fraction of sp³-hybridized carbons (Fsp3) is 0.600. The summed E-state index contributed by atoms with van der Waals surface area (Å²) in [5.41, 5.74) is 1.03. The lowest BCUT2D eigenvalue weighted by molar-refractivity contribution is -0.150. The molecule has 4 heteroatoms. The molecular formula is C15H20N2O2. The number of ether oxygens (including phenoxy) is 1. The number of carbonyl (C=O) groups excluding carboxylic acids is 1. The van der Waals surface area contributed by atoms with E-state index >= 15 is 0 Å². The molecule has 0 aliphatic carbocycles. The topological polar surface area (TPSA) is 42.4 Å². The fourth-order valence-corrected chi connectivity index (χ4v) is 3.82. The average Bonchev–Trinajstić information content (AvgIpc) is 2.70. The van der Waals surface area contributed by atoms with Gasteiger partial charge in [0.25, 0.3) is 0 Å². The molecule has 0 aromatic carbocycles. The van der Waals surface area contributed by atoms with Crippen molar-refractivity contribution in [3.63, 3.8) is 0 Å². The van der Waals surface area contributed by atoms with Crippen molar-refractivity contribution in [2.45, 2.75) is 37.3 Å². The maximum absolute atomic E-state index is 12.2. The summed E-state index contributed by atoms with van der Waals surface area (Å²) in [7, 11) is 3.62. The Morgan fingerprint density at radius 2 is 2.26 bits per heavy atom. The lowest BCUT2D eigenvalue weighted by Gasteiger charge is -2.41. The van der Waals surface area contributed by atoms with E-state index in [0.717, 1.165) is 18.5 Å². The van der Waals surface area contributed by atoms with Gasteiger partial charge in [-0.1, -0.05) is 6.07 Å². The summed E-state index contributed by atoms with van der Waals surface area (Å²) in [6.45, 7) is 0. The van der Waals surface area contributed by atoms with Crippen molar-refractivity contribution in [3.05, 3.63) is 30.1 Å². The maximum atomic E-state index is 12.2. The Hall–Kier alpha value is -1.42. The lowest BCUT2D eigenvalue weighted by atomic mass is 9.78. The van der Waals surface area contributed by atoms with E-state index < -0.39 is 0 Å². The Morgan fingerprint density at radius 3 is 2.95 bits per heavy atom. The van der Waals surface area contributed by atoms with Crippen LogP contribution in [0.4, 0.5) is 0 Å². The van der Waals surface area contributed by atoms with Crippen LogP contribution in [-0.2, 0) is 9.53 Å². The van der Waals surface area contributed by atoms with Crippen molar-refractivity contribution in [2.75, 3.05) is 14.2 Å². The number of rotatable bonds is 2. The molecule has 2 aliphatic heterocycles. The van der Waals surface area contributed by atoms with Crippen molar-refractivity contribution in [2.24, 2.45) is 5.92 Å². The highest BCUT2D eigenvalue weighted by molar-refractivity contribution is 5.74. The predicted molar refractivity (Wildman–Crippen MR) is 71.7 cm³/mol. The molecular weight excluding hydrogens is 240 g/mol. The van der Waals surface area contributed by atoms with E-state index in [0.29, 0.717) is 12.1 Å². The van der Waals surface area contributed by atoms with Crippen LogP contribution in [0.25, 0.3) is 0 Å². The third kappa shape index (κ3) is 2.04. The molecule has 2 saturated heterocycles. The van der Waals surface area contributed by atoms with Gasteiger partial charge in [0.05, 0.1) is 13.0 Å². The molecule has 19 heavy (non-hydrogen) atoms. The van der Waals surface area contributed by atoms with Crippen LogP contribution in [0.5, 0.6) is 0 Å². The molecule has 0 N–H and O–H groups in total. The number of carbonyl (C=O) groups is 1. The van der Waals surface area contributed by atoms with E-state index in [2.05, 4.69) is 16.9 Å². The number of piperidine rings is 1. The first-order valence-corrected chi connectivity index (χ1v) is 6.93. The largest absolute Gasteiger partial charge is 0.469 e. The van der Waals surface area contributed by atoms with Crippen LogP contribution in [0.1, 0.15) is 30.9 Å². The minimum atomic E-state index is -0.0900. The average molecular weight is 260 g/mol. The second-order valence-electron chi connectivity index (χ2n) is 5.61. The van der Waals surface area contributed by atoms with Gasteiger partial charge < -0.3 is 4.74 Å². The van der Waals surface area contributed by atoms with E-state index in [1.54, 1.807) is 0 Å². The molecule has 3 heterocycles. The number of fused-ring (bicyclic) bond motifs is 2. The number of pyridine rings is 1. The molecule has 2 aliphatic rings. The van der Waals surface area contributed by atoms with Crippen molar-refractivity contribution in [3.8, 4) is 0 Å². The maximum Gasteiger partial charge on any atom is 0.310 e. The number of nitrogens with zero attached hydrogens (tertiary/aromatic N) is 2. The molecule has 4 nitrogen and oxygen atoms in total. The van der Waals surface area contributed by atoms with E-state index in [-0.39, 0.29) is 17.8 Å². The minimum Gasteiger partial charge on any atom is -0.469 e. The van der Waals surface area contributed by atoms with Crippen molar-refractivity contribution >= 4 is 5.97 Å². The van der Waals surface area contributed by atoms with E-state index in [1.165, 1.54) is 13.5 Å². The molecule has 0 amide bonds. The second kappa shape index (κ2) is 4.93. The summed E-state index contributed by atoms with van der Waals surface area (Å²) in [6, 6.07) is 6.83. The summed E-state index contributed by atoms with van der Waals surface area (Å²) in [5, 5.41) is 0. The van der Waals surface area contributed by atoms with Crippen LogP contribution in [0.2, 0.25) is 0 Å². The van der Waals surface area contributed by atoms with Gasteiger partial charge in [0.1, 0.15) is 0 Å². The highest BCUT2D eigenvalue weighted by atomic mass is 16.5. The zero-order chi connectivity index (χ0) is 13.4. The molecule has 1 aromatic rings. The third-order valence-electron chi connectivity index (χ3n) is 4.81. The zero-order valence-corrected chi connectivity index (χ0v) is 11.5. The molecule has 0 spiro atoms. The van der Waals surface area contributed by atoms with E-state index in [1.807, 2.05) is 24.4 Å². The van der Waals surface area contributed by atoms with Gasteiger partial charge in [-0.2, -0.15) is 0 Å². The second-order valence-corrected chi connectivity index (χ2v) is 5.61. The molecule has 1 unspecified atom stereocenters. The summed E-state index contributed by atoms with van der Waals surface area (Å²) in [5.74, 6) is 0.0267.